The maximum Gasteiger partial charge on any atom is 0.255 e. The van der Waals surface area contributed by atoms with Crippen LogP contribution in [0.15, 0.2) is 66.7 Å². The predicted octanol–water partition coefficient (Wildman–Crippen LogP) is 4.05. The van der Waals surface area contributed by atoms with Crippen LogP contribution in [0.2, 0.25) is 0 Å². The van der Waals surface area contributed by atoms with Crippen LogP contribution in [-0.2, 0) is 0 Å². The summed E-state index contributed by atoms with van der Waals surface area (Å²) >= 11 is 0. The molecule has 3 N–H and O–H groups in total. The molecule has 8 heteroatoms. The lowest BCUT2D eigenvalue weighted by Gasteiger charge is -2.23. The molecule has 0 atom stereocenters. The van der Waals surface area contributed by atoms with Crippen molar-refractivity contribution in [2.24, 2.45) is 0 Å². The number of nitrogens with zero attached hydrogens (tertiary/aromatic N) is 2. The molecule has 182 valence electrons. The number of anilines is 3. The van der Waals surface area contributed by atoms with E-state index in [0.717, 1.165) is 38.3 Å². The third-order valence-electron chi connectivity index (χ3n) is 6.10. The fourth-order valence-electron chi connectivity index (χ4n) is 4.03. The molecular weight excluding hydrogens is 444 g/mol. The van der Waals surface area contributed by atoms with Gasteiger partial charge in [0.1, 0.15) is 17.2 Å². The van der Waals surface area contributed by atoms with Crippen LogP contribution in [0, 0.1) is 0 Å². The first kappa shape index (κ1) is 24.1. The molecule has 2 amide bonds. The Morgan fingerprint density at radius 1 is 0.829 bits per heavy atom. The van der Waals surface area contributed by atoms with Gasteiger partial charge in [0, 0.05) is 36.4 Å². The van der Waals surface area contributed by atoms with Gasteiger partial charge in [0.2, 0.25) is 0 Å². The molecule has 0 spiro atoms. The normalized spacial score (nSPS) is 14.2. The summed E-state index contributed by atoms with van der Waals surface area (Å²) < 4.78 is 5.12. The molecular formula is C27H30N4O4. The molecule has 0 aliphatic carbocycles. The minimum atomic E-state index is -0.419. The van der Waals surface area contributed by atoms with Crippen LogP contribution in [0.5, 0.6) is 11.5 Å². The van der Waals surface area contributed by atoms with Crippen LogP contribution < -0.4 is 20.3 Å². The van der Waals surface area contributed by atoms with Gasteiger partial charge in [0.05, 0.1) is 12.8 Å². The number of phenolic OH excluding ortho intramolecular Hbond substituents is 1. The summed E-state index contributed by atoms with van der Waals surface area (Å²) in [4.78, 5) is 30.3. The van der Waals surface area contributed by atoms with E-state index in [0.29, 0.717) is 22.6 Å². The van der Waals surface area contributed by atoms with Crippen molar-refractivity contribution < 1.29 is 19.4 Å². The summed E-state index contributed by atoms with van der Waals surface area (Å²) in [5, 5.41) is 15.9. The van der Waals surface area contributed by atoms with Gasteiger partial charge in [-0.15, -0.1) is 0 Å². The third kappa shape index (κ3) is 5.91. The number of nitrogens with one attached hydrogen (secondary N) is 2. The van der Waals surface area contributed by atoms with Crippen LogP contribution in [0.1, 0.15) is 27.1 Å². The Labute approximate surface area is 205 Å². The number of hydrogen-bond acceptors (Lipinski definition) is 6. The number of ether oxygens (including phenoxy) is 1. The van der Waals surface area contributed by atoms with Gasteiger partial charge >= 0.3 is 0 Å². The smallest absolute Gasteiger partial charge is 0.255 e. The average Bonchev–Trinajstić information content (AvgIpc) is 3.10. The van der Waals surface area contributed by atoms with Crippen molar-refractivity contribution in [1.82, 2.24) is 4.90 Å². The quantitative estimate of drug-likeness (QED) is 0.467. The van der Waals surface area contributed by atoms with Crippen molar-refractivity contribution in [2.45, 2.75) is 6.42 Å². The van der Waals surface area contributed by atoms with Gasteiger partial charge in [0.25, 0.3) is 11.8 Å². The molecule has 0 bridgehead atoms. The van der Waals surface area contributed by atoms with Gasteiger partial charge in [-0.25, -0.2) is 0 Å². The second-order valence-corrected chi connectivity index (χ2v) is 8.53. The number of amides is 2. The highest BCUT2D eigenvalue weighted by molar-refractivity contribution is 6.11. The van der Waals surface area contributed by atoms with Gasteiger partial charge in [-0.2, -0.15) is 0 Å². The fraction of sp³-hybridized carbons (Fsp3) is 0.259. The van der Waals surface area contributed by atoms with E-state index in [2.05, 4.69) is 27.5 Å². The lowest BCUT2D eigenvalue weighted by molar-refractivity contribution is 0.101. The van der Waals surface area contributed by atoms with E-state index in [1.54, 1.807) is 55.6 Å². The topological polar surface area (TPSA) is 94.1 Å². The van der Waals surface area contributed by atoms with Crippen molar-refractivity contribution in [2.75, 3.05) is 55.9 Å². The summed E-state index contributed by atoms with van der Waals surface area (Å²) in [7, 11) is 3.68. The highest BCUT2D eigenvalue weighted by Crippen LogP contribution is 2.32. The van der Waals surface area contributed by atoms with Crippen molar-refractivity contribution >= 4 is 28.9 Å². The molecule has 0 unspecified atom stereocenters. The molecule has 0 saturated carbocycles. The average molecular weight is 475 g/mol. The van der Waals surface area contributed by atoms with Crippen LogP contribution in [0.3, 0.4) is 0 Å². The number of methoxy groups -OCH3 is 1. The molecule has 0 radical (unpaired) electrons. The molecule has 4 rings (SSSR count). The zero-order chi connectivity index (χ0) is 24.8. The summed E-state index contributed by atoms with van der Waals surface area (Å²) in [5.74, 6) is -0.271. The zero-order valence-corrected chi connectivity index (χ0v) is 20.0. The van der Waals surface area contributed by atoms with E-state index in [1.165, 1.54) is 6.07 Å². The second kappa shape index (κ2) is 10.9. The minimum absolute atomic E-state index is 0.131. The van der Waals surface area contributed by atoms with E-state index in [-0.39, 0.29) is 17.3 Å². The Kier molecular flexibility index (Phi) is 7.52. The van der Waals surface area contributed by atoms with Crippen LogP contribution in [0.25, 0.3) is 0 Å². The van der Waals surface area contributed by atoms with Crippen molar-refractivity contribution in [1.29, 1.82) is 0 Å². The molecule has 35 heavy (non-hydrogen) atoms. The summed E-state index contributed by atoms with van der Waals surface area (Å²) in [6, 6.07) is 18.8. The Hall–Kier alpha value is -4.04. The number of benzene rings is 3. The van der Waals surface area contributed by atoms with Gasteiger partial charge in [-0.3, -0.25) is 9.59 Å². The number of phenols is 1. The van der Waals surface area contributed by atoms with E-state index in [1.807, 2.05) is 12.1 Å². The predicted molar refractivity (Wildman–Crippen MR) is 138 cm³/mol. The maximum absolute atomic E-state index is 12.9. The standard InChI is InChI=1S/C27H30N4O4/c1-30-15-4-16-31(18-17-30)21-11-7-19(8-12-21)26(33)28-23-5-3-6-24(32)25(23)29-27(34)20-9-13-22(35-2)14-10-20/h3,5-14,32H,4,15-18H2,1-2H3,(H,28,33)(H,29,34). The molecule has 1 aliphatic rings. The zero-order valence-electron chi connectivity index (χ0n) is 20.0. The summed E-state index contributed by atoms with van der Waals surface area (Å²) in [5.41, 5.74) is 2.39. The first-order valence-corrected chi connectivity index (χ1v) is 11.6. The van der Waals surface area contributed by atoms with Crippen LogP contribution in [-0.4, -0.2) is 62.2 Å². The van der Waals surface area contributed by atoms with Crippen molar-refractivity contribution in [3.05, 3.63) is 77.9 Å². The monoisotopic (exact) mass is 474 g/mol. The number of hydrogen-bond donors (Lipinski definition) is 3. The second-order valence-electron chi connectivity index (χ2n) is 8.53. The van der Waals surface area contributed by atoms with E-state index in [9.17, 15) is 14.7 Å². The molecule has 1 saturated heterocycles. The van der Waals surface area contributed by atoms with Gasteiger partial charge in [-0.05, 0) is 80.7 Å². The number of carbonyl (C=O) groups excluding carboxylic acids is 2. The Morgan fingerprint density at radius 2 is 1.49 bits per heavy atom. The highest BCUT2D eigenvalue weighted by Gasteiger charge is 2.17. The van der Waals surface area contributed by atoms with Crippen molar-refractivity contribution in [3.8, 4) is 11.5 Å². The van der Waals surface area contributed by atoms with Gasteiger partial charge < -0.3 is 30.3 Å². The minimum Gasteiger partial charge on any atom is -0.506 e. The van der Waals surface area contributed by atoms with E-state index < -0.39 is 5.91 Å². The first-order valence-electron chi connectivity index (χ1n) is 11.6. The Morgan fingerprint density at radius 3 is 2.17 bits per heavy atom. The molecule has 8 nitrogen and oxygen atoms in total. The van der Waals surface area contributed by atoms with Crippen LogP contribution >= 0.6 is 0 Å². The van der Waals surface area contributed by atoms with Gasteiger partial charge in [0.15, 0.2) is 0 Å². The summed E-state index contributed by atoms with van der Waals surface area (Å²) in [6.45, 7) is 4.02. The van der Waals surface area contributed by atoms with Crippen molar-refractivity contribution in [3.63, 3.8) is 0 Å². The largest absolute Gasteiger partial charge is 0.506 e. The SMILES string of the molecule is COc1ccc(C(=O)Nc2c(O)cccc2NC(=O)c2ccc(N3CCCN(C)CC3)cc2)cc1. The number of likely N-dealkylation sites (N-methyl/N-ethyl adjacent to an activating group) is 1. The molecule has 3 aromatic rings. The Bertz CT molecular complexity index is 1180. The number of aromatic hydroxyl groups is 1. The lowest BCUT2D eigenvalue weighted by atomic mass is 10.1. The highest BCUT2D eigenvalue weighted by atomic mass is 16.5. The molecule has 0 aromatic heterocycles. The molecule has 1 fully saturated rings. The number of para-hydroxylation sites is 1. The number of carbonyl (C=O) groups is 2. The van der Waals surface area contributed by atoms with E-state index >= 15 is 0 Å². The first-order chi connectivity index (χ1) is 16.9. The van der Waals surface area contributed by atoms with Crippen LogP contribution in [0.4, 0.5) is 17.1 Å². The third-order valence-corrected chi connectivity index (χ3v) is 6.10. The Balaban J connectivity index is 1.46. The summed E-state index contributed by atoms with van der Waals surface area (Å²) in [6.07, 6.45) is 1.10. The molecule has 1 aliphatic heterocycles. The van der Waals surface area contributed by atoms with Gasteiger partial charge in [-0.1, -0.05) is 6.07 Å². The maximum atomic E-state index is 12.9. The molecule has 3 aromatic carbocycles. The fourth-order valence-corrected chi connectivity index (χ4v) is 4.03. The lowest BCUT2D eigenvalue weighted by Crippen LogP contribution is -2.28. The number of rotatable bonds is 6. The van der Waals surface area contributed by atoms with E-state index in [4.69, 9.17) is 4.74 Å². The molecule has 1 heterocycles.